The molecule has 236 valence electrons. The number of halogens is 4. The lowest BCUT2D eigenvalue weighted by molar-refractivity contribution is -0.149. The fourth-order valence-corrected chi connectivity index (χ4v) is 5.27. The molecule has 1 aliphatic carbocycles. The van der Waals surface area contributed by atoms with Crippen molar-refractivity contribution >= 4 is 46.0 Å². The van der Waals surface area contributed by atoms with Crippen molar-refractivity contribution in [3.63, 3.8) is 0 Å². The predicted molar refractivity (Wildman–Crippen MR) is 157 cm³/mol. The molecule has 15 heteroatoms. The van der Waals surface area contributed by atoms with Crippen LogP contribution >= 0.6 is 23.2 Å². The number of carbonyl (C=O) groups excluding carboxylic acids is 2. The topological polar surface area (TPSA) is 121 Å². The van der Waals surface area contributed by atoms with Crippen molar-refractivity contribution in [2.75, 3.05) is 20.3 Å². The highest BCUT2D eigenvalue weighted by atomic mass is 35.5. The first-order valence-corrected chi connectivity index (χ1v) is 15.2. The molecule has 0 saturated heterocycles. The summed E-state index contributed by atoms with van der Waals surface area (Å²) in [6.07, 6.45) is 3.43. The number of hydrogen-bond donors (Lipinski definition) is 1. The molecule has 2 aromatic carbocycles. The number of benzene rings is 2. The SMILES string of the molecule is COC(=O)c1ccccc1CN(CC(=O)OC(Cc1c(Cl)cncc1Cl)c1ccc(OC(F)F)c(OCC2CC2)c1)[SH](=O)=O. The Morgan fingerprint density at radius 1 is 1.07 bits per heavy atom. The van der Waals surface area contributed by atoms with E-state index < -0.39 is 42.1 Å². The van der Waals surface area contributed by atoms with Crippen LogP contribution in [0.2, 0.25) is 10.0 Å². The predicted octanol–water partition coefficient (Wildman–Crippen LogP) is 5.42. The van der Waals surface area contributed by atoms with E-state index in [2.05, 4.69) is 9.72 Å². The van der Waals surface area contributed by atoms with Crippen LogP contribution in [-0.4, -0.2) is 56.5 Å². The fraction of sp³-hybridized carbons (Fsp3) is 0.345. The first-order chi connectivity index (χ1) is 21.0. The highest BCUT2D eigenvalue weighted by Crippen LogP contribution is 2.38. The van der Waals surface area contributed by atoms with Crippen LogP contribution in [0.1, 0.15) is 46.0 Å². The molecule has 0 aliphatic heterocycles. The summed E-state index contributed by atoms with van der Waals surface area (Å²) in [6.45, 7) is -3.84. The van der Waals surface area contributed by atoms with Crippen LogP contribution in [0.25, 0.3) is 0 Å². The zero-order chi connectivity index (χ0) is 31.8. The largest absolute Gasteiger partial charge is 0.489 e. The highest BCUT2D eigenvalue weighted by Gasteiger charge is 2.27. The van der Waals surface area contributed by atoms with Gasteiger partial charge in [0.05, 0.1) is 29.3 Å². The van der Waals surface area contributed by atoms with Gasteiger partial charge in [0.25, 0.3) is 0 Å². The molecule has 1 atom stereocenters. The molecule has 0 amide bonds. The van der Waals surface area contributed by atoms with Crippen molar-refractivity contribution in [2.24, 2.45) is 5.92 Å². The number of thiol groups is 1. The molecule has 1 aliphatic rings. The standard InChI is InChI=1S/C29H28Cl2F2N2O8S/c1-40-28(37)20-5-3-2-4-19(20)14-35(44(38)39)15-27(36)42-25(11-21-22(30)12-34-13-23(21)31)18-8-9-24(43-29(32)33)26(10-18)41-16-17-6-7-17/h2-5,8-10,12-13,17,25,29,44H,6-7,11,14-16H2,1H3. The van der Waals surface area contributed by atoms with Crippen molar-refractivity contribution < 1.29 is 45.7 Å². The molecule has 4 rings (SSSR count). The lowest BCUT2D eigenvalue weighted by Crippen LogP contribution is -2.31. The quantitative estimate of drug-likeness (QED) is 0.167. The second-order valence-corrected chi connectivity index (χ2v) is 11.7. The zero-order valence-electron chi connectivity index (χ0n) is 23.3. The lowest BCUT2D eigenvalue weighted by atomic mass is 10.0. The average molecular weight is 674 g/mol. The number of rotatable bonds is 15. The molecule has 1 fully saturated rings. The summed E-state index contributed by atoms with van der Waals surface area (Å²) in [5.41, 5.74) is 1.15. The van der Waals surface area contributed by atoms with E-state index in [1.54, 1.807) is 12.1 Å². The Bertz CT molecular complexity index is 1540. The van der Waals surface area contributed by atoms with Crippen molar-refractivity contribution in [3.05, 3.63) is 87.2 Å². The minimum Gasteiger partial charge on any atom is -0.489 e. The number of ether oxygens (including phenoxy) is 4. The van der Waals surface area contributed by atoms with Crippen molar-refractivity contribution in [3.8, 4) is 11.5 Å². The van der Waals surface area contributed by atoms with E-state index in [4.69, 9.17) is 37.4 Å². The maximum absolute atomic E-state index is 13.2. The van der Waals surface area contributed by atoms with Crippen molar-refractivity contribution in [1.82, 2.24) is 9.29 Å². The number of esters is 2. The molecule has 0 bridgehead atoms. The summed E-state index contributed by atoms with van der Waals surface area (Å²) in [6, 6.07) is 10.3. The zero-order valence-corrected chi connectivity index (χ0v) is 25.7. The Morgan fingerprint density at radius 3 is 2.41 bits per heavy atom. The van der Waals surface area contributed by atoms with Crippen molar-refractivity contribution in [1.29, 1.82) is 0 Å². The van der Waals surface area contributed by atoms with Crippen LogP contribution in [0.3, 0.4) is 0 Å². The number of carbonyl (C=O) groups is 2. The van der Waals surface area contributed by atoms with E-state index in [1.165, 1.54) is 49.8 Å². The Balaban J connectivity index is 1.62. The molecule has 1 aromatic heterocycles. The van der Waals surface area contributed by atoms with Gasteiger partial charge in [-0.3, -0.25) is 9.78 Å². The molecular formula is C29H28Cl2F2N2O8S. The van der Waals surface area contributed by atoms with Gasteiger partial charge in [0, 0.05) is 25.4 Å². The average Bonchev–Trinajstić information content (AvgIpc) is 3.82. The Morgan fingerprint density at radius 2 is 1.77 bits per heavy atom. The minimum absolute atomic E-state index is 0.0198. The smallest absolute Gasteiger partial charge is 0.387 e. The van der Waals surface area contributed by atoms with Crippen LogP contribution in [-0.2, 0) is 38.1 Å². The monoisotopic (exact) mass is 672 g/mol. The normalized spacial score (nSPS) is 13.6. The van der Waals surface area contributed by atoms with Crippen LogP contribution in [0, 0.1) is 5.92 Å². The third-order valence-electron chi connectivity index (χ3n) is 6.66. The van der Waals surface area contributed by atoms with Gasteiger partial charge in [0.15, 0.2) is 11.5 Å². The van der Waals surface area contributed by atoms with E-state index >= 15 is 0 Å². The lowest BCUT2D eigenvalue weighted by Gasteiger charge is -2.23. The first kappa shape index (κ1) is 33.4. The number of pyridine rings is 1. The van der Waals surface area contributed by atoms with E-state index in [1.807, 2.05) is 0 Å². The van der Waals surface area contributed by atoms with Gasteiger partial charge in [-0.1, -0.05) is 47.5 Å². The summed E-state index contributed by atoms with van der Waals surface area (Å²) in [5.74, 6) is -1.50. The van der Waals surface area contributed by atoms with Gasteiger partial charge in [0.2, 0.25) is 10.9 Å². The maximum Gasteiger partial charge on any atom is 0.387 e. The van der Waals surface area contributed by atoms with Gasteiger partial charge >= 0.3 is 18.6 Å². The first-order valence-electron chi connectivity index (χ1n) is 13.3. The number of hydrogen-bond acceptors (Lipinski definition) is 9. The van der Waals surface area contributed by atoms with Gasteiger partial charge in [0.1, 0.15) is 12.6 Å². The number of methoxy groups -OCH3 is 1. The van der Waals surface area contributed by atoms with Crippen LogP contribution in [0.15, 0.2) is 54.9 Å². The van der Waals surface area contributed by atoms with Gasteiger partial charge in [-0.25, -0.2) is 13.2 Å². The summed E-state index contributed by atoms with van der Waals surface area (Å²) in [5, 5.41) is 0.371. The van der Waals surface area contributed by atoms with Gasteiger partial charge in [-0.05, 0) is 53.6 Å². The number of nitrogens with zero attached hydrogens (tertiary/aromatic N) is 2. The van der Waals surface area contributed by atoms with Gasteiger partial charge < -0.3 is 18.9 Å². The third kappa shape index (κ3) is 9.24. The van der Waals surface area contributed by atoms with Crippen LogP contribution in [0.5, 0.6) is 11.5 Å². The van der Waals surface area contributed by atoms with Gasteiger partial charge in [-0.15, -0.1) is 0 Å². The Hall–Kier alpha value is -3.52. The molecule has 1 saturated carbocycles. The Kier molecular flexibility index (Phi) is 11.7. The third-order valence-corrected chi connectivity index (χ3v) is 8.06. The molecule has 1 unspecified atom stereocenters. The second-order valence-electron chi connectivity index (χ2n) is 9.81. The van der Waals surface area contributed by atoms with E-state index in [9.17, 15) is 26.8 Å². The van der Waals surface area contributed by atoms with E-state index in [0.717, 1.165) is 17.1 Å². The van der Waals surface area contributed by atoms with Crippen molar-refractivity contribution in [2.45, 2.75) is 38.5 Å². The molecular weight excluding hydrogens is 645 g/mol. The number of aromatic nitrogens is 1. The van der Waals surface area contributed by atoms with Crippen LogP contribution < -0.4 is 9.47 Å². The fourth-order valence-electron chi connectivity index (χ4n) is 4.25. The van der Waals surface area contributed by atoms with E-state index in [-0.39, 0.29) is 46.7 Å². The highest BCUT2D eigenvalue weighted by molar-refractivity contribution is 7.69. The second kappa shape index (κ2) is 15.5. The minimum atomic E-state index is -3.29. The molecule has 10 nitrogen and oxygen atoms in total. The summed E-state index contributed by atoms with van der Waals surface area (Å²) >= 11 is 12.7. The van der Waals surface area contributed by atoms with Gasteiger partial charge in [-0.2, -0.15) is 13.1 Å². The molecule has 44 heavy (non-hydrogen) atoms. The molecule has 0 N–H and O–H groups in total. The summed E-state index contributed by atoms with van der Waals surface area (Å²) < 4.78 is 72.2. The maximum atomic E-state index is 13.2. The number of alkyl halides is 2. The summed E-state index contributed by atoms with van der Waals surface area (Å²) in [7, 11) is -2.10. The molecule has 1 heterocycles. The van der Waals surface area contributed by atoms with Crippen LogP contribution in [0.4, 0.5) is 8.78 Å². The van der Waals surface area contributed by atoms with E-state index in [0.29, 0.717) is 22.6 Å². The molecule has 0 radical (unpaired) electrons. The Labute approximate surface area is 263 Å². The molecule has 3 aromatic rings. The summed E-state index contributed by atoms with van der Waals surface area (Å²) in [4.78, 5) is 29.3. The molecule has 0 spiro atoms.